The molecule has 0 spiro atoms. The number of benzene rings is 2. The first kappa shape index (κ1) is 24.7. The maximum Gasteiger partial charge on any atom is 0.322 e. The fourth-order valence-electron chi connectivity index (χ4n) is 5.46. The summed E-state index contributed by atoms with van der Waals surface area (Å²) in [6.07, 6.45) is 1.63. The van der Waals surface area contributed by atoms with Crippen LogP contribution in [0.4, 0.5) is 14.9 Å². The number of aliphatic hydroxyl groups is 1. The quantitative estimate of drug-likeness (QED) is 0.603. The molecule has 3 amide bonds. The summed E-state index contributed by atoms with van der Waals surface area (Å²) in [5.41, 5.74) is 3.03. The van der Waals surface area contributed by atoms with Gasteiger partial charge in [-0.05, 0) is 61.1 Å². The van der Waals surface area contributed by atoms with E-state index in [2.05, 4.69) is 22.8 Å². The first-order valence-electron chi connectivity index (χ1n) is 12.5. The summed E-state index contributed by atoms with van der Waals surface area (Å²) in [7, 11) is 0. The minimum absolute atomic E-state index is 0.0376. The third-order valence-corrected chi connectivity index (χ3v) is 7.17. The predicted octanol–water partition coefficient (Wildman–Crippen LogP) is 2.64. The highest BCUT2D eigenvalue weighted by molar-refractivity contribution is 5.89. The van der Waals surface area contributed by atoms with E-state index in [0.717, 1.165) is 12.8 Å². The highest BCUT2D eigenvalue weighted by Gasteiger charge is 2.40. The van der Waals surface area contributed by atoms with E-state index in [9.17, 15) is 19.1 Å². The Hall–Kier alpha value is -3.01. The maximum absolute atomic E-state index is 13.2. The van der Waals surface area contributed by atoms with Crippen molar-refractivity contribution in [3.8, 4) is 0 Å². The number of rotatable bonds is 4. The van der Waals surface area contributed by atoms with E-state index in [0.29, 0.717) is 18.5 Å². The molecule has 36 heavy (non-hydrogen) atoms. The van der Waals surface area contributed by atoms with Crippen molar-refractivity contribution in [3.63, 3.8) is 0 Å². The number of carbonyl (C=O) groups excluding carboxylic acids is 2. The van der Waals surface area contributed by atoms with Gasteiger partial charge >= 0.3 is 6.03 Å². The fraction of sp³-hybridized carbons (Fsp3) is 0.481. The van der Waals surface area contributed by atoms with Crippen molar-refractivity contribution in [3.05, 3.63) is 65.5 Å². The zero-order valence-corrected chi connectivity index (χ0v) is 20.1. The number of nitrogens with zero attached hydrogens (tertiary/aromatic N) is 1. The summed E-state index contributed by atoms with van der Waals surface area (Å²) in [4.78, 5) is 27.5. The van der Waals surface area contributed by atoms with Crippen molar-refractivity contribution in [2.45, 2.75) is 62.5 Å². The average Bonchev–Trinajstić information content (AvgIpc) is 3.25. The van der Waals surface area contributed by atoms with Gasteiger partial charge in [0, 0.05) is 11.7 Å². The molecule has 2 aromatic carbocycles. The van der Waals surface area contributed by atoms with Gasteiger partial charge in [0.1, 0.15) is 11.9 Å². The Balaban J connectivity index is 1.18. The predicted molar refractivity (Wildman–Crippen MR) is 131 cm³/mol. The smallest absolute Gasteiger partial charge is 0.322 e. The highest BCUT2D eigenvalue weighted by Crippen LogP contribution is 2.29. The Morgan fingerprint density at radius 1 is 1.03 bits per heavy atom. The van der Waals surface area contributed by atoms with Gasteiger partial charge in [0.05, 0.1) is 44.4 Å². The molecule has 4 atom stereocenters. The zero-order chi connectivity index (χ0) is 25.1. The topological polar surface area (TPSA) is 100 Å². The molecule has 5 rings (SSSR count). The van der Waals surface area contributed by atoms with Crippen LogP contribution in [-0.4, -0.2) is 72.1 Å². The molecule has 0 aromatic heterocycles. The number of β-amino-alcohol motifs (C(OH)–C–C–N with tert-alkyl or cyclic N) is 1. The number of fused-ring (bicyclic) bond motifs is 2. The molecule has 3 aliphatic rings. The Labute approximate surface area is 209 Å². The van der Waals surface area contributed by atoms with Crippen LogP contribution in [0.3, 0.4) is 0 Å². The summed E-state index contributed by atoms with van der Waals surface area (Å²) in [6, 6.07) is 13.2. The molecule has 2 aliphatic heterocycles. The van der Waals surface area contributed by atoms with Crippen molar-refractivity contribution in [2.24, 2.45) is 0 Å². The van der Waals surface area contributed by atoms with E-state index in [1.807, 2.05) is 12.1 Å². The lowest BCUT2D eigenvalue weighted by atomic mass is 9.95. The second-order valence-electron chi connectivity index (χ2n) is 9.87. The molecule has 192 valence electrons. The Bertz CT molecular complexity index is 1060. The number of anilines is 1. The van der Waals surface area contributed by atoms with E-state index < -0.39 is 18.2 Å². The number of nitrogens with one attached hydrogen (secondary N) is 2. The van der Waals surface area contributed by atoms with Crippen LogP contribution in [0.5, 0.6) is 0 Å². The van der Waals surface area contributed by atoms with Crippen LogP contribution >= 0.6 is 0 Å². The van der Waals surface area contributed by atoms with Gasteiger partial charge in [-0.1, -0.05) is 24.3 Å². The van der Waals surface area contributed by atoms with Gasteiger partial charge in [0.25, 0.3) is 0 Å². The first-order valence-corrected chi connectivity index (χ1v) is 12.5. The molecule has 0 unspecified atom stereocenters. The number of hydrogen-bond donors (Lipinski definition) is 3. The SMILES string of the molecule is O=C(C[C@H]1CC[C@@H]2[C@H](COC[C@@H](O)CN2C(=O)Nc2ccc(F)cc2)O1)NC1Cc2ccccc2C1. The molecule has 0 bridgehead atoms. The summed E-state index contributed by atoms with van der Waals surface area (Å²) in [5, 5.41) is 16.2. The van der Waals surface area contributed by atoms with Gasteiger partial charge in [-0.15, -0.1) is 0 Å². The molecule has 3 N–H and O–H groups in total. The fourth-order valence-corrected chi connectivity index (χ4v) is 5.46. The van der Waals surface area contributed by atoms with Crippen LogP contribution in [0.1, 0.15) is 30.4 Å². The Kier molecular flexibility index (Phi) is 7.50. The average molecular weight is 498 g/mol. The first-order chi connectivity index (χ1) is 17.4. The molecule has 1 aliphatic carbocycles. The van der Waals surface area contributed by atoms with Gasteiger partial charge < -0.3 is 30.1 Å². The van der Waals surface area contributed by atoms with E-state index in [4.69, 9.17) is 9.47 Å². The largest absolute Gasteiger partial charge is 0.389 e. The zero-order valence-electron chi connectivity index (χ0n) is 20.1. The van der Waals surface area contributed by atoms with E-state index in [1.165, 1.54) is 35.4 Å². The summed E-state index contributed by atoms with van der Waals surface area (Å²) < 4.78 is 25.1. The van der Waals surface area contributed by atoms with Gasteiger partial charge in [0.2, 0.25) is 5.91 Å². The minimum atomic E-state index is -0.830. The van der Waals surface area contributed by atoms with Crippen LogP contribution in [0.25, 0.3) is 0 Å². The molecule has 0 radical (unpaired) electrons. The second kappa shape index (κ2) is 10.9. The monoisotopic (exact) mass is 497 g/mol. The van der Waals surface area contributed by atoms with Crippen molar-refractivity contribution in [2.75, 3.05) is 25.1 Å². The molecular weight excluding hydrogens is 465 g/mol. The van der Waals surface area contributed by atoms with Gasteiger partial charge in [0.15, 0.2) is 0 Å². The molecule has 2 fully saturated rings. The lowest BCUT2D eigenvalue weighted by Gasteiger charge is -2.44. The Morgan fingerprint density at radius 2 is 1.75 bits per heavy atom. The molecule has 2 saturated heterocycles. The molecular formula is C27H32FN3O5. The summed E-state index contributed by atoms with van der Waals surface area (Å²) in [5.74, 6) is -0.426. The van der Waals surface area contributed by atoms with Gasteiger partial charge in [-0.3, -0.25) is 4.79 Å². The molecule has 2 heterocycles. The molecule has 9 heteroatoms. The minimum Gasteiger partial charge on any atom is -0.389 e. The number of ether oxygens (including phenoxy) is 2. The van der Waals surface area contributed by atoms with E-state index in [1.54, 1.807) is 4.90 Å². The van der Waals surface area contributed by atoms with Gasteiger partial charge in [-0.2, -0.15) is 0 Å². The van der Waals surface area contributed by atoms with E-state index >= 15 is 0 Å². The standard InChI is InChI=1S/C27H32FN3O5/c28-19-5-7-20(8-6-19)30-27(34)31-14-22(32)15-35-16-25-24(31)10-9-23(36-25)13-26(33)29-21-11-17-3-1-2-4-18(17)12-21/h1-8,21-25,32H,9-16H2,(H,29,33)(H,30,34)/t22-,23+,24+,25-/m0/s1. The number of hydrogen-bond acceptors (Lipinski definition) is 5. The highest BCUT2D eigenvalue weighted by atomic mass is 19.1. The third kappa shape index (κ3) is 5.86. The van der Waals surface area contributed by atoms with Crippen molar-refractivity contribution in [1.29, 1.82) is 0 Å². The summed E-state index contributed by atoms with van der Waals surface area (Å²) in [6.45, 7) is 0.392. The number of halogens is 1. The lowest BCUT2D eigenvalue weighted by molar-refractivity contribution is -0.150. The van der Waals surface area contributed by atoms with Gasteiger partial charge in [-0.25, -0.2) is 9.18 Å². The number of amides is 3. The molecule has 0 saturated carbocycles. The third-order valence-electron chi connectivity index (χ3n) is 7.17. The van der Waals surface area contributed by atoms with Crippen LogP contribution in [0.15, 0.2) is 48.5 Å². The number of urea groups is 1. The van der Waals surface area contributed by atoms with Crippen LogP contribution in [0.2, 0.25) is 0 Å². The van der Waals surface area contributed by atoms with Crippen molar-refractivity contribution >= 4 is 17.6 Å². The van der Waals surface area contributed by atoms with Crippen LogP contribution < -0.4 is 10.6 Å². The van der Waals surface area contributed by atoms with Crippen molar-refractivity contribution < 1.29 is 28.6 Å². The van der Waals surface area contributed by atoms with E-state index in [-0.39, 0.29) is 56.1 Å². The molecule has 8 nitrogen and oxygen atoms in total. The molecule has 2 aromatic rings. The number of carbonyl (C=O) groups is 2. The normalized spacial score (nSPS) is 26.3. The van der Waals surface area contributed by atoms with Crippen LogP contribution in [-0.2, 0) is 27.1 Å². The van der Waals surface area contributed by atoms with Crippen molar-refractivity contribution in [1.82, 2.24) is 10.2 Å². The number of aliphatic hydroxyl groups excluding tert-OH is 1. The summed E-state index contributed by atoms with van der Waals surface area (Å²) >= 11 is 0. The second-order valence-corrected chi connectivity index (χ2v) is 9.87. The lowest BCUT2D eigenvalue weighted by Crippen LogP contribution is -2.58. The Morgan fingerprint density at radius 3 is 2.47 bits per heavy atom. The van der Waals surface area contributed by atoms with Crippen LogP contribution in [0, 0.1) is 5.82 Å². The maximum atomic E-state index is 13.2.